The monoisotopic (exact) mass is 1810 g/mol. The summed E-state index contributed by atoms with van der Waals surface area (Å²) in [6, 6.07) is 142. The van der Waals surface area contributed by atoms with Crippen molar-refractivity contribution >= 4 is 131 Å². The van der Waals surface area contributed by atoms with E-state index in [9.17, 15) is 0 Å². The van der Waals surface area contributed by atoms with Crippen LogP contribution >= 0.6 is 0 Å². The van der Waals surface area contributed by atoms with Gasteiger partial charge in [-0.1, -0.05) is 237 Å². The third kappa shape index (κ3) is 13.2. The molecule has 26 rings (SSSR count). The van der Waals surface area contributed by atoms with Gasteiger partial charge >= 0.3 is 244 Å². The van der Waals surface area contributed by atoms with E-state index < -0.39 is 21.2 Å². The zero-order valence-electron chi connectivity index (χ0n) is 71.9. The van der Waals surface area contributed by atoms with Gasteiger partial charge in [-0.2, -0.15) is 0 Å². The van der Waals surface area contributed by atoms with E-state index in [1.807, 2.05) is 36.4 Å². The number of pyridine rings is 1. The van der Waals surface area contributed by atoms with Crippen LogP contribution in [0.15, 0.2) is 415 Å². The van der Waals surface area contributed by atoms with Gasteiger partial charge < -0.3 is 4.42 Å². The van der Waals surface area contributed by atoms with E-state index in [4.69, 9.17) is 49.5 Å². The van der Waals surface area contributed by atoms with Crippen LogP contribution < -0.4 is 26.9 Å². The van der Waals surface area contributed by atoms with Crippen molar-refractivity contribution in [2.45, 2.75) is 19.3 Å². The second-order valence-electron chi connectivity index (χ2n) is 34.6. The molecule has 624 valence electrons. The Morgan fingerprint density at radius 1 is 0.263 bits per heavy atom. The summed E-state index contributed by atoms with van der Waals surface area (Å²) in [5.41, 5.74) is 31.8. The minimum atomic E-state index is -0.666. The van der Waals surface area contributed by atoms with Gasteiger partial charge in [-0.15, -0.1) is 0 Å². The molecule has 133 heavy (non-hydrogen) atoms. The van der Waals surface area contributed by atoms with Gasteiger partial charge in [0.2, 0.25) is 0 Å². The fraction of sp³-hybridized carbons (Fsp3) is 0.0246. The normalized spacial score (nSPS) is 12.8. The van der Waals surface area contributed by atoms with Crippen LogP contribution in [0.1, 0.15) is 30.4 Å². The van der Waals surface area contributed by atoms with E-state index in [-0.39, 0.29) is 0 Å². The minimum Gasteiger partial charge on any atom is -0.456 e. The second-order valence-corrected chi connectivity index (χ2v) is 37.5. The molecular formula is C122H76IN8O2-. The van der Waals surface area contributed by atoms with Crippen LogP contribution in [0.25, 0.3) is 261 Å². The molecule has 0 spiro atoms. The minimum absolute atomic E-state index is 0.296. The van der Waals surface area contributed by atoms with E-state index in [2.05, 4.69) is 383 Å². The van der Waals surface area contributed by atoms with Crippen LogP contribution in [0, 0.1) is 7.14 Å². The molecule has 0 saturated heterocycles. The quantitative estimate of drug-likeness (QED) is 0.0635. The predicted molar refractivity (Wildman–Crippen MR) is 544 cm³/mol. The Kier molecular flexibility index (Phi) is 18.4. The topological polar surface area (TPSA) is 143 Å². The van der Waals surface area contributed by atoms with Crippen LogP contribution in [-0.2, 0) is 0 Å². The van der Waals surface area contributed by atoms with Crippen LogP contribution in [0.4, 0.5) is 5.69 Å². The molecule has 0 radical (unpaired) electrons. The van der Waals surface area contributed by atoms with E-state index >= 15 is 0 Å². The molecule has 10 nitrogen and oxygen atoms in total. The molecule has 20 aromatic carbocycles. The van der Waals surface area contributed by atoms with Crippen LogP contribution in [0.3, 0.4) is 0 Å². The number of nitrogen functional groups attached to an aromatic ring is 1. The first-order chi connectivity index (χ1) is 65.7. The Hall–Kier alpha value is -16.7. The van der Waals surface area contributed by atoms with Gasteiger partial charge in [0.25, 0.3) is 0 Å². The van der Waals surface area contributed by atoms with E-state index in [0.29, 0.717) is 40.9 Å². The molecular weight excluding hydrogens is 1740 g/mol. The molecule has 0 amide bonds. The smallest absolute Gasteiger partial charge is 0.164 e. The molecule has 2 N–H and O–H groups in total. The molecule has 5 heterocycles. The third-order valence-corrected chi connectivity index (χ3v) is 29.5. The summed E-state index contributed by atoms with van der Waals surface area (Å²) in [7, 11) is 0. The van der Waals surface area contributed by atoms with Gasteiger partial charge in [-0.05, 0) is 143 Å². The molecule has 1 aliphatic rings. The molecule has 25 aromatic rings. The first-order valence-corrected chi connectivity index (χ1v) is 47.2. The maximum atomic E-state index is 7.25. The average Bonchev–Trinajstić information content (AvgIpc) is 1.71. The van der Waals surface area contributed by atoms with Crippen LogP contribution in [0.5, 0.6) is 0 Å². The molecule has 0 aliphatic heterocycles. The Balaban J connectivity index is 0.617. The summed E-state index contributed by atoms with van der Waals surface area (Å²) in [6.07, 6.45) is 5.59. The van der Waals surface area contributed by atoms with Gasteiger partial charge in [0.1, 0.15) is 11.2 Å². The number of para-hydroxylation sites is 3. The molecule has 1 unspecified atom stereocenters. The SMILES string of the molecule is CC1CC=Cc2c1c1cc(-c3nc(-c4ccc(-c5ccc(-c6c(-c7ccccc7N)c([I-]c7ccccc7)cc7oc8ccccc8c67)cc5)cc4)nc(-c4cccc(-c5ccc6oc7cc8c(-c9ccccc9)nc9ccccc9c8c(-c8cccc(-c9nc(-c%10ccccc%10)nc(-c%10ccc%11c%12ccccc%12c%12ccccc%12c%11c%10)n9)c8)c7c6c5)c4)n3)ccc1c1ccccc21. The number of aromatic nitrogens is 7. The molecule has 0 bridgehead atoms. The van der Waals surface area contributed by atoms with Crippen LogP contribution in [0.2, 0.25) is 0 Å². The molecule has 0 saturated carbocycles. The van der Waals surface area contributed by atoms with Crippen molar-refractivity contribution in [3.05, 3.63) is 425 Å². The van der Waals surface area contributed by atoms with E-state index in [1.165, 1.54) is 66.7 Å². The number of benzene rings is 20. The first-order valence-electron chi connectivity index (χ1n) is 45.0. The molecule has 11 heteroatoms. The van der Waals surface area contributed by atoms with Crippen molar-refractivity contribution in [1.29, 1.82) is 0 Å². The summed E-state index contributed by atoms with van der Waals surface area (Å²) in [5.74, 6) is 3.66. The molecule has 1 aliphatic carbocycles. The third-order valence-electron chi connectivity index (χ3n) is 26.7. The van der Waals surface area contributed by atoms with E-state index in [0.717, 1.165) is 183 Å². The van der Waals surface area contributed by atoms with Crippen molar-refractivity contribution in [2.75, 3.05) is 5.73 Å². The zero-order valence-corrected chi connectivity index (χ0v) is 74.1. The van der Waals surface area contributed by atoms with Gasteiger partial charge in [0.05, 0.1) is 11.2 Å². The van der Waals surface area contributed by atoms with Gasteiger partial charge in [0, 0.05) is 65.9 Å². The fourth-order valence-corrected chi connectivity index (χ4v) is 23.2. The number of nitrogens with zero attached hydrogens (tertiary/aromatic N) is 7. The number of halogens is 1. The fourth-order valence-electron chi connectivity index (χ4n) is 20.5. The van der Waals surface area contributed by atoms with E-state index in [1.54, 1.807) is 0 Å². The summed E-state index contributed by atoms with van der Waals surface area (Å²) in [4.78, 5) is 38.3. The maximum absolute atomic E-state index is 7.25. The molecule has 1 atom stereocenters. The summed E-state index contributed by atoms with van der Waals surface area (Å²) < 4.78 is 16.6. The summed E-state index contributed by atoms with van der Waals surface area (Å²) in [6.45, 7) is 2.34. The maximum Gasteiger partial charge on any atom is 0.164 e. The Bertz CT molecular complexity index is 9140. The number of allylic oxidation sites excluding steroid dienone is 1. The standard InChI is InChI=1S/C122H76IN8O2/c1-71-26-23-46-94-90-41-15-13-40-89(90)93-62-59-84(68-99(93)109(71)94)122-129-118(77-56-52-73(53-57-77)72-50-54-74(55-51-72)110-113(95-43-17-20-47-103(95)124)102(123-85-35-9-4-10-36-85)70-108-114(110)97-45-19-22-49-105(97)132-108)128-119(130-122)81-33-24-31-78(64-81)79-60-63-106-100(66-79)115-107(133-106)69-101-112(96-44-18-21-48-104(96)125-116(101)75-27-5-2-6-28-75)111(115)80-32-25-34-82(65-80)120-126-117(76-29-7-3-8-30-76)127-121(131-120)83-58-61-92-88-39-12-11-37-86(88)87-38-14-16-42-91(87)98(92)67-83/h2-25,27-71H,26,124H2,1H3/q-1. The van der Waals surface area contributed by atoms with Crippen molar-refractivity contribution < 1.29 is 30.0 Å². The first kappa shape index (κ1) is 77.4. The van der Waals surface area contributed by atoms with Gasteiger partial charge in [-0.3, -0.25) is 0 Å². The van der Waals surface area contributed by atoms with Crippen molar-refractivity contribution in [1.82, 2.24) is 34.9 Å². The Morgan fingerprint density at radius 2 is 0.684 bits per heavy atom. The van der Waals surface area contributed by atoms with Crippen molar-refractivity contribution in [2.24, 2.45) is 0 Å². The van der Waals surface area contributed by atoms with Crippen LogP contribution in [-0.4, -0.2) is 34.9 Å². The molecule has 0 fully saturated rings. The number of nitrogens with two attached hydrogens (primary N) is 1. The molecule has 5 aromatic heterocycles. The number of hydrogen-bond donors (Lipinski definition) is 1. The Labute approximate surface area is 775 Å². The van der Waals surface area contributed by atoms with Crippen molar-refractivity contribution in [3.8, 4) is 135 Å². The largest absolute Gasteiger partial charge is 0.456 e. The number of hydrogen-bond acceptors (Lipinski definition) is 10. The Morgan fingerprint density at radius 3 is 1.33 bits per heavy atom. The summed E-state index contributed by atoms with van der Waals surface area (Å²) >= 11 is -0.666. The van der Waals surface area contributed by atoms with Gasteiger partial charge in [0.15, 0.2) is 29.1 Å². The number of fused-ring (bicyclic) bond motifs is 21. The zero-order chi connectivity index (χ0) is 87.9. The average molecular weight is 1810 g/mol. The number of furan rings is 2. The summed E-state index contributed by atoms with van der Waals surface area (Å²) in [5, 5.41) is 19.1. The predicted octanol–water partition coefficient (Wildman–Crippen LogP) is 28.6. The van der Waals surface area contributed by atoms with Gasteiger partial charge in [-0.25, -0.2) is 34.9 Å². The van der Waals surface area contributed by atoms with Crippen molar-refractivity contribution in [3.63, 3.8) is 0 Å². The number of anilines is 1. The number of rotatable bonds is 14. The second kappa shape index (κ2) is 31.6.